The van der Waals surface area contributed by atoms with Gasteiger partial charge in [0.05, 0.1) is 0 Å². The number of nitrogens with two attached hydrogens (primary N) is 1. The Kier molecular flexibility index (Phi) is 4.86. The Morgan fingerprint density at radius 1 is 1.50 bits per heavy atom. The standard InChI is InChI=1S/C13H16N4OS2/c1-3-15-13-17-11(14)10(20-13)12(18)16-8-5-4-6-9(7-8)19-2/h4-7H,3,14H2,1-2H3,(H,15,17)(H,16,18). The Balaban J connectivity index is 2.15. The molecule has 0 bridgehead atoms. The van der Waals surface area contributed by atoms with E-state index in [-0.39, 0.29) is 11.7 Å². The molecule has 1 amide bonds. The van der Waals surface area contributed by atoms with Gasteiger partial charge in [0.1, 0.15) is 10.7 Å². The number of carbonyl (C=O) groups is 1. The lowest BCUT2D eigenvalue weighted by Gasteiger charge is -2.05. The molecule has 0 radical (unpaired) electrons. The van der Waals surface area contributed by atoms with Gasteiger partial charge in [-0.3, -0.25) is 4.79 Å². The number of benzene rings is 1. The van der Waals surface area contributed by atoms with Gasteiger partial charge in [0, 0.05) is 17.1 Å². The van der Waals surface area contributed by atoms with Crippen LogP contribution in [0.4, 0.5) is 16.6 Å². The van der Waals surface area contributed by atoms with Crippen LogP contribution in [0.15, 0.2) is 29.2 Å². The first-order valence-electron chi connectivity index (χ1n) is 6.09. The van der Waals surface area contributed by atoms with Gasteiger partial charge in [-0.2, -0.15) is 0 Å². The number of nitrogen functional groups attached to an aromatic ring is 1. The molecule has 7 heteroatoms. The summed E-state index contributed by atoms with van der Waals surface area (Å²) in [7, 11) is 0. The van der Waals surface area contributed by atoms with Crippen LogP contribution in [0.2, 0.25) is 0 Å². The van der Waals surface area contributed by atoms with Crippen LogP contribution in [0.1, 0.15) is 16.6 Å². The molecular weight excluding hydrogens is 292 g/mol. The van der Waals surface area contributed by atoms with Gasteiger partial charge >= 0.3 is 0 Å². The van der Waals surface area contributed by atoms with E-state index in [1.807, 2.05) is 37.4 Å². The summed E-state index contributed by atoms with van der Waals surface area (Å²) in [6.45, 7) is 2.70. The maximum atomic E-state index is 12.2. The Bertz CT molecular complexity index is 612. The largest absolute Gasteiger partial charge is 0.382 e. The summed E-state index contributed by atoms with van der Waals surface area (Å²) in [4.78, 5) is 17.8. The molecule has 2 aromatic rings. The fourth-order valence-electron chi connectivity index (χ4n) is 1.61. The smallest absolute Gasteiger partial charge is 0.269 e. The Morgan fingerprint density at radius 3 is 3.00 bits per heavy atom. The highest BCUT2D eigenvalue weighted by Gasteiger charge is 2.16. The van der Waals surface area contributed by atoms with Gasteiger partial charge in [-0.25, -0.2) is 4.98 Å². The number of thiazole rings is 1. The minimum atomic E-state index is -0.234. The first-order chi connectivity index (χ1) is 9.63. The van der Waals surface area contributed by atoms with E-state index in [1.54, 1.807) is 11.8 Å². The van der Waals surface area contributed by atoms with Crippen molar-refractivity contribution >= 4 is 45.6 Å². The molecule has 1 heterocycles. The SMILES string of the molecule is CCNc1nc(N)c(C(=O)Nc2cccc(SC)c2)s1. The van der Waals surface area contributed by atoms with Gasteiger partial charge in [0.25, 0.3) is 5.91 Å². The topological polar surface area (TPSA) is 80.0 Å². The number of nitrogens with zero attached hydrogens (tertiary/aromatic N) is 1. The maximum Gasteiger partial charge on any atom is 0.269 e. The van der Waals surface area contributed by atoms with Crippen molar-refractivity contribution in [2.75, 3.05) is 29.2 Å². The third kappa shape index (κ3) is 3.43. The molecule has 0 aliphatic heterocycles. The molecule has 0 fully saturated rings. The summed E-state index contributed by atoms with van der Waals surface area (Å²) in [5.41, 5.74) is 6.53. The predicted octanol–water partition coefficient (Wildman–Crippen LogP) is 3.13. The number of rotatable bonds is 5. The molecule has 0 aliphatic carbocycles. The number of carbonyl (C=O) groups excluding carboxylic acids is 1. The Labute approximate surface area is 126 Å². The molecule has 5 nitrogen and oxygen atoms in total. The van der Waals surface area contributed by atoms with Crippen LogP contribution < -0.4 is 16.4 Å². The van der Waals surface area contributed by atoms with E-state index >= 15 is 0 Å². The highest BCUT2D eigenvalue weighted by atomic mass is 32.2. The fraction of sp³-hybridized carbons (Fsp3) is 0.231. The average Bonchev–Trinajstić information content (AvgIpc) is 2.80. The molecule has 0 aliphatic rings. The summed E-state index contributed by atoms with van der Waals surface area (Å²) in [6, 6.07) is 7.66. The predicted molar refractivity (Wildman–Crippen MR) is 86.9 cm³/mol. The van der Waals surface area contributed by atoms with Crippen LogP contribution in [-0.4, -0.2) is 23.7 Å². The van der Waals surface area contributed by atoms with Gasteiger partial charge in [-0.1, -0.05) is 17.4 Å². The summed E-state index contributed by atoms with van der Waals surface area (Å²) in [5, 5.41) is 6.55. The molecule has 20 heavy (non-hydrogen) atoms. The Morgan fingerprint density at radius 2 is 2.30 bits per heavy atom. The lowest BCUT2D eigenvalue weighted by atomic mass is 10.3. The quantitative estimate of drug-likeness (QED) is 0.739. The number of aromatic nitrogens is 1. The van der Waals surface area contributed by atoms with Crippen molar-refractivity contribution in [2.24, 2.45) is 0 Å². The van der Waals surface area contributed by atoms with Crippen LogP contribution in [-0.2, 0) is 0 Å². The van der Waals surface area contributed by atoms with Gasteiger partial charge < -0.3 is 16.4 Å². The minimum Gasteiger partial charge on any atom is -0.382 e. The van der Waals surface area contributed by atoms with Crippen LogP contribution in [0.3, 0.4) is 0 Å². The molecule has 0 unspecified atom stereocenters. The zero-order valence-electron chi connectivity index (χ0n) is 11.3. The molecule has 1 aromatic heterocycles. The van der Waals surface area contributed by atoms with Crippen molar-refractivity contribution < 1.29 is 4.79 Å². The average molecular weight is 308 g/mol. The fourth-order valence-corrected chi connectivity index (χ4v) is 2.92. The van der Waals surface area contributed by atoms with Crippen molar-refractivity contribution in [3.05, 3.63) is 29.1 Å². The summed E-state index contributed by atoms with van der Waals surface area (Å²) >= 11 is 2.88. The zero-order valence-corrected chi connectivity index (χ0v) is 12.9. The van der Waals surface area contributed by atoms with Gasteiger partial charge in [-0.15, -0.1) is 11.8 Å². The first-order valence-corrected chi connectivity index (χ1v) is 8.13. The molecule has 2 rings (SSSR count). The van der Waals surface area contributed by atoms with Crippen LogP contribution in [0.25, 0.3) is 0 Å². The second-order valence-electron chi connectivity index (χ2n) is 3.95. The first kappa shape index (κ1) is 14.7. The summed E-state index contributed by atoms with van der Waals surface area (Å²) < 4.78 is 0. The highest BCUT2D eigenvalue weighted by molar-refractivity contribution is 7.98. The van der Waals surface area contributed by atoms with E-state index in [1.165, 1.54) is 11.3 Å². The molecule has 4 N–H and O–H groups in total. The van der Waals surface area contributed by atoms with Crippen LogP contribution in [0.5, 0.6) is 0 Å². The van der Waals surface area contributed by atoms with E-state index in [0.29, 0.717) is 10.0 Å². The van der Waals surface area contributed by atoms with Crippen LogP contribution in [0, 0.1) is 0 Å². The Hall–Kier alpha value is -1.73. The second-order valence-corrected chi connectivity index (χ2v) is 5.83. The van der Waals surface area contributed by atoms with E-state index < -0.39 is 0 Å². The number of anilines is 3. The van der Waals surface area contributed by atoms with E-state index in [2.05, 4.69) is 15.6 Å². The third-order valence-electron chi connectivity index (χ3n) is 2.52. The molecule has 0 spiro atoms. The third-order valence-corrected chi connectivity index (χ3v) is 4.27. The molecule has 0 saturated heterocycles. The van der Waals surface area contributed by atoms with Crippen molar-refractivity contribution in [1.29, 1.82) is 0 Å². The molecule has 1 aromatic carbocycles. The van der Waals surface area contributed by atoms with Gasteiger partial charge in [0.2, 0.25) is 0 Å². The lowest BCUT2D eigenvalue weighted by Crippen LogP contribution is -2.12. The van der Waals surface area contributed by atoms with Gasteiger partial charge in [0.15, 0.2) is 5.13 Å². The monoisotopic (exact) mass is 308 g/mol. The minimum absolute atomic E-state index is 0.234. The number of amides is 1. The number of thioether (sulfide) groups is 1. The number of hydrogen-bond donors (Lipinski definition) is 3. The van der Waals surface area contributed by atoms with Crippen molar-refractivity contribution in [1.82, 2.24) is 4.98 Å². The van der Waals surface area contributed by atoms with Crippen molar-refractivity contribution in [3.8, 4) is 0 Å². The summed E-state index contributed by atoms with van der Waals surface area (Å²) in [5.74, 6) is 0.0203. The normalized spacial score (nSPS) is 10.3. The van der Waals surface area contributed by atoms with Crippen molar-refractivity contribution in [3.63, 3.8) is 0 Å². The van der Waals surface area contributed by atoms with Crippen molar-refractivity contribution in [2.45, 2.75) is 11.8 Å². The lowest BCUT2D eigenvalue weighted by molar-refractivity contribution is 0.103. The van der Waals surface area contributed by atoms with E-state index in [0.717, 1.165) is 17.1 Å². The highest BCUT2D eigenvalue weighted by Crippen LogP contribution is 2.26. The summed E-state index contributed by atoms with van der Waals surface area (Å²) in [6.07, 6.45) is 1.99. The molecule has 0 saturated carbocycles. The number of hydrogen-bond acceptors (Lipinski definition) is 6. The van der Waals surface area contributed by atoms with E-state index in [9.17, 15) is 4.79 Å². The van der Waals surface area contributed by atoms with Crippen LogP contribution >= 0.6 is 23.1 Å². The molecule has 0 atom stereocenters. The molecular formula is C13H16N4OS2. The number of nitrogens with one attached hydrogen (secondary N) is 2. The second kappa shape index (κ2) is 6.62. The maximum absolute atomic E-state index is 12.2. The van der Waals surface area contributed by atoms with E-state index in [4.69, 9.17) is 5.73 Å². The molecule has 106 valence electrons. The zero-order chi connectivity index (χ0) is 14.5. The van der Waals surface area contributed by atoms with Gasteiger partial charge in [-0.05, 0) is 31.4 Å².